The van der Waals surface area contributed by atoms with Crippen LogP contribution < -0.4 is 9.64 Å². The van der Waals surface area contributed by atoms with Crippen LogP contribution in [0.3, 0.4) is 0 Å². The number of hydrogen-bond donors (Lipinski definition) is 0. The van der Waals surface area contributed by atoms with Gasteiger partial charge in [-0.15, -0.1) is 0 Å². The number of ether oxygens (including phenoxy) is 2. The van der Waals surface area contributed by atoms with Crippen LogP contribution in [0, 0.1) is 0 Å². The Morgan fingerprint density at radius 1 is 1.44 bits per heavy atom. The van der Waals surface area contributed by atoms with Crippen molar-refractivity contribution in [3.8, 4) is 5.75 Å². The molecule has 5 heteroatoms. The van der Waals surface area contributed by atoms with Crippen molar-refractivity contribution in [3.05, 3.63) is 24.3 Å². The van der Waals surface area contributed by atoms with E-state index in [1.54, 1.807) is 31.2 Å². The van der Waals surface area contributed by atoms with Crippen LogP contribution in [0.5, 0.6) is 5.75 Å². The maximum atomic E-state index is 11.5. The van der Waals surface area contributed by atoms with Crippen molar-refractivity contribution in [1.82, 2.24) is 0 Å². The first kappa shape index (κ1) is 12.0. The van der Waals surface area contributed by atoms with E-state index < -0.39 is 6.09 Å². The molecule has 0 atom stereocenters. The summed E-state index contributed by atoms with van der Waals surface area (Å²) in [6.45, 7) is 1.88. The molecule has 2 amide bonds. The van der Waals surface area contributed by atoms with Gasteiger partial charge >= 0.3 is 6.09 Å². The highest BCUT2D eigenvalue weighted by Gasteiger charge is 2.19. The molecule has 86 valence electrons. The Bertz CT molecular complexity index is 378. The van der Waals surface area contributed by atoms with Gasteiger partial charge in [-0.25, -0.2) is 9.69 Å². The fraction of sp³-hybridized carbons (Fsp3) is 0.273. The predicted molar refractivity (Wildman–Crippen MR) is 58.6 cm³/mol. The number of rotatable bonds is 4. The van der Waals surface area contributed by atoms with Crippen LogP contribution in [0.4, 0.5) is 10.5 Å². The van der Waals surface area contributed by atoms with Crippen LogP contribution in [0.2, 0.25) is 0 Å². The standard InChI is InChI=1S/C11H13NO4/c1-3-16-11(14)12(8-13)9-6-4-5-7-10(9)15-2/h4-8H,3H2,1-2H3. The molecule has 0 fully saturated rings. The van der Waals surface area contributed by atoms with Crippen molar-refractivity contribution < 1.29 is 19.1 Å². The molecule has 1 rings (SSSR count). The highest BCUT2D eigenvalue weighted by Crippen LogP contribution is 2.27. The van der Waals surface area contributed by atoms with Crippen molar-refractivity contribution in [2.75, 3.05) is 18.6 Å². The Hall–Kier alpha value is -2.04. The summed E-state index contributed by atoms with van der Waals surface area (Å²) in [6.07, 6.45) is -0.322. The van der Waals surface area contributed by atoms with E-state index in [2.05, 4.69) is 0 Å². The van der Waals surface area contributed by atoms with Crippen molar-refractivity contribution >= 4 is 18.2 Å². The number of imide groups is 1. The lowest BCUT2D eigenvalue weighted by molar-refractivity contribution is -0.107. The molecule has 0 aromatic heterocycles. The quantitative estimate of drug-likeness (QED) is 0.730. The van der Waals surface area contributed by atoms with Gasteiger partial charge in [0.25, 0.3) is 0 Å². The fourth-order valence-corrected chi connectivity index (χ4v) is 1.22. The molecule has 0 bridgehead atoms. The van der Waals surface area contributed by atoms with Crippen LogP contribution in [-0.2, 0) is 9.53 Å². The molecule has 0 N–H and O–H groups in total. The fourth-order valence-electron chi connectivity index (χ4n) is 1.22. The summed E-state index contributed by atoms with van der Waals surface area (Å²) in [5.74, 6) is 0.433. The molecule has 0 aliphatic rings. The van der Waals surface area contributed by atoms with Crippen molar-refractivity contribution in [3.63, 3.8) is 0 Å². The SMILES string of the molecule is CCOC(=O)N(C=O)c1ccccc1OC. The van der Waals surface area contributed by atoms with Crippen molar-refractivity contribution in [1.29, 1.82) is 0 Å². The zero-order valence-corrected chi connectivity index (χ0v) is 9.17. The highest BCUT2D eigenvalue weighted by atomic mass is 16.6. The number of nitrogens with zero attached hydrogens (tertiary/aromatic N) is 1. The van der Waals surface area contributed by atoms with E-state index in [9.17, 15) is 9.59 Å². The number of para-hydroxylation sites is 2. The first-order valence-electron chi connectivity index (χ1n) is 4.78. The van der Waals surface area contributed by atoms with Gasteiger partial charge in [-0.3, -0.25) is 4.79 Å². The summed E-state index contributed by atoms with van der Waals surface area (Å²) < 4.78 is 9.80. The zero-order chi connectivity index (χ0) is 12.0. The lowest BCUT2D eigenvalue weighted by Gasteiger charge is -2.17. The minimum atomic E-state index is -0.720. The Labute approximate surface area is 93.6 Å². The van der Waals surface area contributed by atoms with Gasteiger partial charge in [0.1, 0.15) is 5.75 Å². The second-order valence-corrected chi connectivity index (χ2v) is 2.85. The van der Waals surface area contributed by atoms with Gasteiger partial charge in [0.2, 0.25) is 6.41 Å². The third-order valence-electron chi connectivity index (χ3n) is 1.91. The lowest BCUT2D eigenvalue weighted by Crippen LogP contribution is -2.30. The molecule has 0 saturated carbocycles. The van der Waals surface area contributed by atoms with Gasteiger partial charge in [-0.2, -0.15) is 0 Å². The van der Waals surface area contributed by atoms with E-state index in [1.807, 2.05) is 0 Å². The van der Waals surface area contributed by atoms with Crippen LogP contribution in [-0.4, -0.2) is 26.2 Å². The molecule has 0 heterocycles. The summed E-state index contributed by atoms with van der Waals surface area (Å²) in [7, 11) is 1.47. The predicted octanol–water partition coefficient (Wildman–Crippen LogP) is 1.81. The monoisotopic (exact) mass is 223 g/mol. The Balaban J connectivity index is 3.03. The summed E-state index contributed by atoms with van der Waals surface area (Å²) in [5.41, 5.74) is 0.360. The van der Waals surface area contributed by atoms with E-state index in [0.29, 0.717) is 17.8 Å². The van der Waals surface area contributed by atoms with E-state index in [4.69, 9.17) is 9.47 Å². The minimum Gasteiger partial charge on any atom is -0.495 e. The van der Waals surface area contributed by atoms with Crippen molar-refractivity contribution in [2.24, 2.45) is 0 Å². The average molecular weight is 223 g/mol. The average Bonchev–Trinajstić information content (AvgIpc) is 2.31. The molecule has 0 radical (unpaired) electrons. The Morgan fingerprint density at radius 3 is 2.69 bits per heavy atom. The van der Waals surface area contributed by atoms with Gasteiger partial charge < -0.3 is 9.47 Å². The molecule has 16 heavy (non-hydrogen) atoms. The molecule has 1 aromatic carbocycles. The molecule has 5 nitrogen and oxygen atoms in total. The first-order chi connectivity index (χ1) is 7.74. The highest BCUT2D eigenvalue weighted by molar-refractivity contribution is 6.04. The second-order valence-electron chi connectivity index (χ2n) is 2.85. The van der Waals surface area contributed by atoms with Gasteiger partial charge in [0, 0.05) is 0 Å². The number of carbonyl (C=O) groups is 2. The van der Waals surface area contributed by atoms with E-state index in [1.165, 1.54) is 7.11 Å². The zero-order valence-electron chi connectivity index (χ0n) is 9.17. The van der Waals surface area contributed by atoms with Crippen LogP contribution in [0.15, 0.2) is 24.3 Å². The number of benzene rings is 1. The molecule has 0 aliphatic carbocycles. The molecule has 0 saturated heterocycles. The van der Waals surface area contributed by atoms with Gasteiger partial charge in [-0.1, -0.05) is 12.1 Å². The largest absolute Gasteiger partial charge is 0.495 e. The second kappa shape index (κ2) is 5.75. The summed E-state index contributed by atoms with van der Waals surface area (Å²) >= 11 is 0. The third kappa shape index (κ3) is 2.50. The number of amides is 2. The third-order valence-corrected chi connectivity index (χ3v) is 1.91. The van der Waals surface area contributed by atoms with Gasteiger partial charge in [-0.05, 0) is 19.1 Å². The minimum absolute atomic E-state index is 0.207. The van der Waals surface area contributed by atoms with Crippen LogP contribution in [0.1, 0.15) is 6.92 Å². The normalized spacial score (nSPS) is 9.38. The van der Waals surface area contributed by atoms with Crippen LogP contribution >= 0.6 is 0 Å². The number of anilines is 1. The maximum absolute atomic E-state index is 11.5. The topological polar surface area (TPSA) is 55.8 Å². The molecule has 0 spiro atoms. The van der Waals surface area contributed by atoms with Crippen LogP contribution in [0.25, 0.3) is 0 Å². The smallest absolute Gasteiger partial charge is 0.421 e. The summed E-state index contributed by atoms with van der Waals surface area (Å²) in [4.78, 5) is 23.2. The maximum Gasteiger partial charge on any atom is 0.421 e. The number of hydrogen-bond acceptors (Lipinski definition) is 4. The van der Waals surface area contributed by atoms with Crippen molar-refractivity contribution in [2.45, 2.75) is 6.92 Å². The van der Waals surface area contributed by atoms with E-state index in [-0.39, 0.29) is 6.61 Å². The first-order valence-corrected chi connectivity index (χ1v) is 4.78. The summed E-state index contributed by atoms with van der Waals surface area (Å²) in [6, 6.07) is 6.71. The molecule has 0 aliphatic heterocycles. The Morgan fingerprint density at radius 2 is 2.12 bits per heavy atom. The summed E-state index contributed by atoms with van der Waals surface area (Å²) in [5, 5.41) is 0. The molecule has 0 unspecified atom stereocenters. The lowest BCUT2D eigenvalue weighted by atomic mass is 10.3. The van der Waals surface area contributed by atoms with Gasteiger partial charge in [0.15, 0.2) is 0 Å². The molecular formula is C11H13NO4. The number of carbonyl (C=O) groups excluding carboxylic acids is 2. The van der Waals surface area contributed by atoms with E-state index >= 15 is 0 Å². The molecular weight excluding hydrogens is 210 g/mol. The van der Waals surface area contributed by atoms with E-state index in [0.717, 1.165) is 4.90 Å². The molecule has 1 aromatic rings. The Kier molecular flexibility index (Phi) is 4.32. The van der Waals surface area contributed by atoms with Gasteiger partial charge in [0.05, 0.1) is 19.4 Å². The number of methoxy groups -OCH3 is 1.